The monoisotopic (exact) mass is 693 g/mol. The van der Waals surface area contributed by atoms with Gasteiger partial charge in [0.15, 0.2) is 17.3 Å². The Labute approximate surface area is 278 Å². The number of nitrogens with zero attached hydrogens (tertiary/aromatic N) is 4. The van der Waals surface area contributed by atoms with E-state index >= 15 is 4.39 Å². The normalized spacial score (nSPS) is 18.3. The highest BCUT2D eigenvalue weighted by atomic mass is 32.2. The maximum atomic E-state index is 15.5. The molecule has 15 heteroatoms. The van der Waals surface area contributed by atoms with Crippen molar-refractivity contribution < 1.29 is 39.8 Å². The Kier molecular flexibility index (Phi) is 10.6. The van der Waals surface area contributed by atoms with E-state index in [1.165, 1.54) is 12.1 Å². The number of nitrogens with two attached hydrogens (primary N) is 1. The van der Waals surface area contributed by atoms with Gasteiger partial charge in [0, 0.05) is 43.6 Å². The number of carbonyl (C=O) groups excluding carboxylic acids is 1. The van der Waals surface area contributed by atoms with Crippen LogP contribution in [-0.4, -0.2) is 68.1 Å². The first-order chi connectivity index (χ1) is 22.6. The van der Waals surface area contributed by atoms with E-state index < -0.39 is 52.3 Å². The van der Waals surface area contributed by atoms with Gasteiger partial charge in [0.25, 0.3) is 5.92 Å². The summed E-state index contributed by atoms with van der Waals surface area (Å²) in [5, 5.41) is 4.05. The van der Waals surface area contributed by atoms with Gasteiger partial charge in [0.05, 0.1) is 13.2 Å². The van der Waals surface area contributed by atoms with E-state index in [9.17, 15) is 22.0 Å². The molecule has 2 aliphatic rings. The summed E-state index contributed by atoms with van der Waals surface area (Å²) < 4.78 is 86.2. The van der Waals surface area contributed by atoms with Crippen LogP contribution < -0.4 is 19.6 Å². The zero-order chi connectivity index (χ0) is 34.8. The second-order valence-electron chi connectivity index (χ2n) is 13.0. The lowest BCUT2D eigenvalue weighted by Crippen LogP contribution is -2.38. The predicted molar refractivity (Wildman–Crippen MR) is 171 cm³/mol. The molecule has 2 aromatic carbocycles. The Morgan fingerprint density at radius 2 is 1.79 bits per heavy atom. The summed E-state index contributed by atoms with van der Waals surface area (Å²) in [4.78, 5) is 20.2. The van der Waals surface area contributed by atoms with Crippen molar-refractivity contribution in [2.45, 2.75) is 76.2 Å². The quantitative estimate of drug-likeness (QED) is 0.239. The fourth-order valence-corrected chi connectivity index (χ4v) is 6.86. The molecule has 0 bridgehead atoms. The number of alkyl halides is 2. The zero-order valence-electron chi connectivity index (χ0n) is 27.5. The van der Waals surface area contributed by atoms with Gasteiger partial charge in [-0.25, -0.2) is 13.2 Å². The summed E-state index contributed by atoms with van der Waals surface area (Å²) in [6.45, 7) is 8.46. The molecule has 0 saturated carbocycles. The van der Waals surface area contributed by atoms with Gasteiger partial charge in [-0.3, -0.25) is 4.79 Å². The number of benzene rings is 2. The third kappa shape index (κ3) is 8.23. The Bertz CT molecular complexity index is 1690. The van der Waals surface area contributed by atoms with Crippen molar-refractivity contribution in [2.75, 3.05) is 37.7 Å². The lowest BCUT2D eigenvalue weighted by molar-refractivity contribution is -0.133. The van der Waals surface area contributed by atoms with Crippen molar-refractivity contribution in [1.82, 2.24) is 15.0 Å². The smallest absolute Gasteiger partial charge is 0.339 e. The van der Waals surface area contributed by atoms with Crippen LogP contribution in [0, 0.1) is 24.6 Å². The van der Waals surface area contributed by atoms with Gasteiger partial charge < -0.3 is 29.0 Å². The van der Waals surface area contributed by atoms with Crippen LogP contribution in [0.2, 0.25) is 0 Å². The van der Waals surface area contributed by atoms with Crippen LogP contribution in [0.1, 0.15) is 75.4 Å². The maximum absolute atomic E-state index is 15.5. The molecule has 2 aliphatic heterocycles. The molecule has 0 spiro atoms. The van der Waals surface area contributed by atoms with E-state index in [1.54, 1.807) is 19.1 Å². The number of ether oxygens (including phenoxy) is 1. The minimum atomic E-state index is -4.41. The average molecular weight is 694 g/mol. The van der Waals surface area contributed by atoms with E-state index in [0.717, 1.165) is 48.5 Å². The fraction of sp³-hybridized carbons (Fsp3) is 0.545. The molecule has 5 rings (SSSR count). The Morgan fingerprint density at radius 1 is 1.10 bits per heavy atom. The summed E-state index contributed by atoms with van der Waals surface area (Å²) in [6, 6.07) is 6.69. The van der Waals surface area contributed by atoms with Crippen LogP contribution in [0.15, 0.2) is 45.8 Å². The van der Waals surface area contributed by atoms with E-state index in [0.29, 0.717) is 24.2 Å². The van der Waals surface area contributed by atoms with Crippen molar-refractivity contribution in [3.8, 4) is 11.5 Å². The lowest BCUT2D eigenvalue weighted by Gasteiger charge is -2.33. The minimum absolute atomic E-state index is 0.121. The minimum Gasteiger partial charge on any atom is -0.490 e. The first kappa shape index (κ1) is 35.5. The topological polar surface area (TPSA) is 141 Å². The molecular formula is C33H42F3N5O6S. The molecule has 2 N–H and O–H groups in total. The van der Waals surface area contributed by atoms with E-state index in [1.807, 2.05) is 13.8 Å². The second kappa shape index (κ2) is 14.3. The third-order valence-corrected chi connectivity index (χ3v) is 10.3. The molecule has 1 aromatic heterocycles. The molecule has 0 radical (unpaired) electrons. The van der Waals surface area contributed by atoms with E-state index in [2.05, 4.69) is 22.0 Å². The Morgan fingerprint density at radius 3 is 2.40 bits per heavy atom. The van der Waals surface area contributed by atoms with Crippen LogP contribution >= 0.6 is 0 Å². The number of piperidine rings is 1. The molecule has 1 unspecified atom stereocenters. The van der Waals surface area contributed by atoms with Crippen LogP contribution in [0.5, 0.6) is 11.5 Å². The number of aromatic nitrogens is 2. The summed E-state index contributed by atoms with van der Waals surface area (Å²) >= 11 is 0. The number of anilines is 1. The number of aryl methyl sites for hydroxylation is 1. The molecule has 2 fully saturated rings. The van der Waals surface area contributed by atoms with Crippen molar-refractivity contribution in [1.29, 1.82) is 0 Å². The number of carbonyl (C=O) groups is 1. The predicted octanol–water partition coefficient (Wildman–Crippen LogP) is 5.60. The van der Waals surface area contributed by atoms with E-state index in [4.69, 9.17) is 19.2 Å². The number of amides is 1. The maximum Gasteiger partial charge on any atom is 0.339 e. The zero-order valence-corrected chi connectivity index (χ0v) is 28.3. The van der Waals surface area contributed by atoms with Gasteiger partial charge >= 0.3 is 16.1 Å². The van der Waals surface area contributed by atoms with E-state index in [-0.39, 0.29) is 41.4 Å². The molecule has 2 saturated heterocycles. The number of halogens is 3. The molecule has 3 heterocycles. The first-order valence-electron chi connectivity index (χ1n) is 16.1. The molecule has 2 atom stereocenters. The molecule has 11 nitrogen and oxygen atoms in total. The van der Waals surface area contributed by atoms with Crippen LogP contribution in [-0.2, 0) is 14.9 Å². The lowest BCUT2D eigenvalue weighted by atomic mass is 9.84. The highest BCUT2D eigenvalue weighted by molar-refractivity contribution is 7.87. The highest BCUT2D eigenvalue weighted by Gasteiger charge is 2.42. The fourth-order valence-electron chi connectivity index (χ4n) is 5.93. The molecule has 3 aromatic rings. The van der Waals surface area contributed by atoms with Gasteiger partial charge in [0.2, 0.25) is 5.91 Å². The molecule has 0 aliphatic carbocycles. The Balaban J connectivity index is 1.28. The molecular weight excluding hydrogens is 651 g/mol. The largest absolute Gasteiger partial charge is 0.490 e. The van der Waals surface area contributed by atoms with Crippen molar-refractivity contribution in [2.24, 2.45) is 17.6 Å². The summed E-state index contributed by atoms with van der Waals surface area (Å²) in [5.41, 5.74) is 6.49. The van der Waals surface area contributed by atoms with Gasteiger partial charge in [0.1, 0.15) is 16.8 Å². The summed E-state index contributed by atoms with van der Waals surface area (Å²) in [6.07, 6.45) is 1.83. The summed E-state index contributed by atoms with van der Waals surface area (Å²) in [5.74, 6) is -4.08. The van der Waals surface area contributed by atoms with Crippen LogP contribution in [0.4, 0.5) is 19.2 Å². The van der Waals surface area contributed by atoms with Crippen molar-refractivity contribution in [3.05, 3.63) is 59.2 Å². The standard InChI is InChI=1S/C33H42F3N5O6S/c1-20(2)30-38-32(46-39-30)40-13-9-23(10-14-40)22(4)11-16-45-27-18-26(34)25(29(37)31(42)41-15-12-33(35,36)19-41)17-28(27)47-48(43,44)24-7-5-21(3)6-8-24/h5-8,17-18,20,22-23,29H,9-16,19,37H2,1-4H3/t22-,29?/m1/s1. The second-order valence-corrected chi connectivity index (χ2v) is 14.6. The SMILES string of the molecule is Cc1ccc(S(=O)(=O)Oc2cc(C(N)C(=O)N3CCC(F)(F)C3)c(F)cc2OCC[C@@H](C)C2CCN(c3nc(C(C)C)no3)CC2)cc1. The third-order valence-electron chi connectivity index (χ3n) is 9.05. The van der Waals surface area contributed by atoms with Crippen LogP contribution in [0.3, 0.4) is 0 Å². The number of likely N-dealkylation sites (tertiary alicyclic amines) is 1. The van der Waals surface area contributed by atoms with Crippen LogP contribution in [0.25, 0.3) is 0 Å². The highest BCUT2D eigenvalue weighted by Crippen LogP contribution is 2.37. The molecule has 48 heavy (non-hydrogen) atoms. The van der Waals surface area contributed by atoms with Crippen molar-refractivity contribution >= 4 is 22.0 Å². The van der Waals surface area contributed by atoms with Gasteiger partial charge in [-0.2, -0.15) is 13.4 Å². The molecule has 262 valence electrons. The summed E-state index contributed by atoms with van der Waals surface area (Å²) in [7, 11) is -4.41. The van der Waals surface area contributed by atoms with Crippen molar-refractivity contribution in [3.63, 3.8) is 0 Å². The number of hydrogen-bond acceptors (Lipinski definition) is 10. The van der Waals surface area contributed by atoms with Gasteiger partial charge in [-0.15, -0.1) is 0 Å². The van der Waals surface area contributed by atoms with Gasteiger partial charge in [-0.05, 0) is 56.2 Å². The average Bonchev–Trinajstić information content (AvgIpc) is 3.68. The number of hydrogen-bond donors (Lipinski definition) is 1. The van der Waals surface area contributed by atoms with Gasteiger partial charge in [-0.1, -0.05) is 43.6 Å². The molecule has 1 amide bonds. The Hall–Kier alpha value is -3.85. The first-order valence-corrected chi connectivity index (χ1v) is 17.5. The number of rotatable bonds is 12.